The Labute approximate surface area is 143 Å². The number of nitriles is 1. The molecular formula is C18H14N4O3. The number of allylic oxidation sites excluding steroid dienone is 1. The van der Waals surface area contributed by atoms with Crippen molar-refractivity contribution >= 4 is 0 Å². The maximum Gasteiger partial charge on any atom is 0.244 e. The minimum absolute atomic E-state index is 0.0500. The fraction of sp³-hybridized carbons (Fsp3) is 0.111. The van der Waals surface area contributed by atoms with Gasteiger partial charge in [0.15, 0.2) is 0 Å². The van der Waals surface area contributed by atoms with Gasteiger partial charge in [-0.2, -0.15) is 5.26 Å². The molecule has 0 aliphatic carbocycles. The van der Waals surface area contributed by atoms with Crippen molar-refractivity contribution in [2.45, 2.75) is 5.92 Å². The van der Waals surface area contributed by atoms with Gasteiger partial charge >= 0.3 is 0 Å². The number of hydrogen-bond donors (Lipinski definition) is 2. The number of methoxy groups -OCH3 is 1. The van der Waals surface area contributed by atoms with E-state index in [2.05, 4.69) is 16.3 Å². The first-order valence-electron chi connectivity index (χ1n) is 7.55. The van der Waals surface area contributed by atoms with Gasteiger partial charge in [-0.3, -0.25) is 5.10 Å². The molecule has 124 valence electrons. The normalized spacial score (nSPS) is 16.1. The number of aromatic amines is 1. The third kappa shape index (κ3) is 2.32. The molecule has 3 N–H and O–H groups in total. The molecule has 1 atom stereocenters. The summed E-state index contributed by atoms with van der Waals surface area (Å²) >= 11 is 0. The van der Waals surface area contributed by atoms with Gasteiger partial charge in [-0.15, -0.1) is 5.10 Å². The van der Waals surface area contributed by atoms with E-state index in [1.165, 1.54) is 0 Å². The van der Waals surface area contributed by atoms with Crippen LogP contribution < -0.4 is 15.2 Å². The maximum absolute atomic E-state index is 9.58. The molecule has 4 rings (SSSR count). The molecule has 1 aliphatic rings. The number of fused-ring (bicyclic) bond motifs is 1. The van der Waals surface area contributed by atoms with Crippen LogP contribution in [0.25, 0.3) is 11.3 Å². The van der Waals surface area contributed by atoms with Crippen LogP contribution in [0.15, 0.2) is 58.7 Å². The summed E-state index contributed by atoms with van der Waals surface area (Å²) in [4.78, 5) is 0. The molecule has 0 saturated carbocycles. The third-order valence-corrected chi connectivity index (χ3v) is 4.19. The van der Waals surface area contributed by atoms with E-state index in [0.717, 1.165) is 28.1 Å². The minimum Gasteiger partial charge on any atom is -0.497 e. The summed E-state index contributed by atoms with van der Waals surface area (Å²) in [6.45, 7) is 0. The van der Waals surface area contributed by atoms with Gasteiger partial charge < -0.3 is 19.6 Å². The molecule has 7 heteroatoms. The van der Waals surface area contributed by atoms with Crippen molar-refractivity contribution in [3.63, 3.8) is 0 Å². The SMILES string of the molecule is COc1ccc(-c2[nH]nc3c2[C@H](c2ccoc2)C(C#N)=C(N)O3)cc1. The lowest BCUT2D eigenvalue weighted by Crippen LogP contribution is -2.20. The van der Waals surface area contributed by atoms with Crippen LogP contribution >= 0.6 is 0 Å². The standard InChI is InChI=1S/C18H14N4O3/c1-23-12-4-2-10(3-5-12)16-15-14(11-6-7-24-9-11)13(8-19)17(20)25-18(15)22-21-16/h2-7,9,14H,20H2,1H3,(H,21,22)/t14-/m1/s1. The van der Waals surface area contributed by atoms with Gasteiger partial charge in [-0.25, -0.2) is 0 Å². The van der Waals surface area contributed by atoms with E-state index in [-0.39, 0.29) is 5.88 Å². The predicted molar refractivity (Wildman–Crippen MR) is 88.6 cm³/mol. The van der Waals surface area contributed by atoms with Crippen molar-refractivity contribution < 1.29 is 13.9 Å². The number of hydrogen-bond acceptors (Lipinski definition) is 6. The average Bonchev–Trinajstić information content (AvgIpc) is 3.30. The third-order valence-electron chi connectivity index (χ3n) is 4.19. The average molecular weight is 334 g/mol. The van der Waals surface area contributed by atoms with Crippen molar-refractivity contribution in [2.24, 2.45) is 5.73 Å². The van der Waals surface area contributed by atoms with E-state index in [9.17, 15) is 5.26 Å². The molecule has 0 spiro atoms. The van der Waals surface area contributed by atoms with Crippen LogP contribution in [-0.2, 0) is 0 Å². The molecule has 2 aromatic heterocycles. The highest BCUT2D eigenvalue weighted by Gasteiger charge is 2.36. The molecule has 3 heterocycles. The van der Waals surface area contributed by atoms with E-state index in [1.807, 2.05) is 24.3 Å². The quantitative estimate of drug-likeness (QED) is 0.762. The summed E-state index contributed by atoms with van der Waals surface area (Å²) in [6, 6.07) is 11.5. The van der Waals surface area contributed by atoms with Crippen molar-refractivity contribution in [1.29, 1.82) is 5.26 Å². The smallest absolute Gasteiger partial charge is 0.244 e. The number of ether oxygens (including phenoxy) is 2. The molecule has 7 nitrogen and oxygen atoms in total. The lowest BCUT2D eigenvalue weighted by molar-refractivity contribution is 0.378. The number of H-pyrrole nitrogens is 1. The van der Waals surface area contributed by atoms with Crippen molar-refractivity contribution in [3.8, 4) is 29.0 Å². The Morgan fingerprint density at radius 1 is 1.28 bits per heavy atom. The van der Waals surface area contributed by atoms with Gasteiger partial charge in [-0.1, -0.05) is 0 Å². The van der Waals surface area contributed by atoms with Gasteiger partial charge in [0.25, 0.3) is 0 Å². The molecule has 0 bridgehead atoms. The van der Waals surface area contributed by atoms with Crippen LogP contribution in [0.1, 0.15) is 17.0 Å². The van der Waals surface area contributed by atoms with Crippen LogP contribution in [0.2, 0.25) is 0 Å². The summed E-state index contributed by atoms with van der Waals surface area (Å²) in [6.07, 6.45) is 3.15. The molecule has 0 unspecified atom stereocenters. The Morgan fingerprint density at radius 2 is 2.08 bits per heavy atom. The summed E-state index contributed by atoms with van der Waals surface area (Å²) < 4.78 is 15.9. The lowest BCUT2D eigenvalue weighted by atomic mass is 9.84. The van der Waals surface area contributed by atoms with Gasteiger partial charge in [0.1, 0.15) is 17.4 Å². The molecule has 0 amide bonds. The zero-order valence-electron chi connectivity index (χ0n) is 13.3. The zero-order chi connectivity index (χ0) is 17.4. The monoisotopic (exact) mass is 334 g/mol. The van der Waals surface area contributed by atoms with Crippen LogP contribution in [-0.4, -0.2) is 17.3 Å². The molecular weight excluding hydrogens is 320 g/mol. The summed E-state index contributed by atoms with van der Waals surface area (Å²) in [7, 11) is 1.61. The topological polar surface area (TPSA) is 110 Å². The first kappa shape index (κ1) is 14.9. The Hall–Kier alpha value is -3.66. The highest BCUT2D eigenvalue weighted by molar-refractivity contribution is 5.71. The number of benzene rings is 1. The number of nitrogens with zero attached hydrogens (tertiary/aromatic N) is 2. The highest BCUT2D eigenvalue weighted by Crippen LogP contribution is 2.45. The second-order valence-corrected chi connectivity index (χ2v) is 5.53. The van der Waals surface area contributed by atoms with Crippen LogP contribution in [0.3, 0.4) is 0 Å². The molecule has 0 radical (unpaired) electrons. The molecule has 3 aromatic rings. The van der Waals surface area contributed by atoms with Gasteiger partial charge in [0, 0.05) is 11.1 Å². The zero-order valence-corrected chi connectivity index (χ0v) is 13.3. The number of rotatable bonds is 3. The van der Waals surface area contributed by atoms with Crippen molar-refractivity contribution in [1.82, 2.24) is 10.2 Å². The Balaban J connectivity index is 1.90. The summed E-state index contributed by atoms with van der Waals surface area (Å²) in [5.41, 5.74) is 9.44. The number of aromatic nitrogens is 2. The molecule has 25 heavy (non-hydrogen) atoms. The number of nitrogens with one attached hydrogen (secondary N) is 1. The summed E-state index contributed by atoms with van der Waals surface area (Å²) in [5, 5.41) is 16.8. The Kier molecular flexibility index (Phi) is 3.43. The van der Waals surface area contributed by atoms with Crippen LogP contribution in [0.4, 0.5) is 0 Å². The van der Waals surface area contributed by atoms with Crippen LogP contribution in [0, 0.1) is 11.3 Å². The van der Waals surface area contributed by atoms with E-state index < -0.39 is 5.92 Å². The van der Waals surface area contributed by atoms with E-state index >= 15 is 0 Å². The summed E-state index contributed by atoms with van der Waals surface area (Å²) in [5.74, 6) is 0.743. The molecule has 1 aliphatic heterocycles. The molecule has 0 saturated heterocycles. The molecule has 0 fully saturated rings. The van der Waals surface area contributed by atoms with Gasteiger partial charge in [0.05, 0.1) is 36.8 Å². The van der Waals surface area contributed by atoms with E-state index in [4.69, 9.17) is 19.6 Å². The fourth-order valence-corrected chi connectivity index (χ4v) is 3.00. The van der Waals surface area contributed by atoms with E-state index in [0.29, 0.717) is 11.5 Å². The second kappa shape index (κ2) is 5.76. The van der Waals surface area contributed by atoms with Crippen molar-refractivity contribution in [3.05, 3.63) is 65.4 Å². The Morgan fingerprint density at radius 3 is 2.72 bits per heavy atom. The first-order valence-corrected chi connectivity index (χ1v) is 7.55. The molecule has 1 aromatic carbocycles. The largest absolute Gasteiger partial charge is 0.497 e. The minimum atomic E-state index is -0.414. The number of furan rings is 1. The van der Waals surface area contributed by atoms with Crippen molar-refractivity contribution in [2.75, 3.05) is 7.11 Å². The fourth-order valence-electron chi connectivity index (χ4n) is 3.00. The number of nitrogens with two attached hydrogens (primary N) is 1. The highest BCUT2D eigenvalue weighted by atomic mass is 16.5. The first-order chi connectivity index (χ1) is 12.2. The van der Waals surface area contributed by atoms with Gasteiger partial charge in [-0.05, 0) is 30.3 Å². The van der Waals surface area contributed by atoms with Gasteiger partial charge in [0.2, 0.25) is 11.8 Å². The Bertz CT molecular complexity index is 979. The van der Waals surface area contributed by atoms with Crippen LogP contribution in [0.5, 0.6) is 11.6 Å². The second-order valence-electron chi connectivity index (χ2n) is 5.53. The predicted octanol–water partition coefficient (Wildman–Crippen LogP) is 2.90. The lowest BCUT2D eigenvalue weighted by Gasteiger charge is -2.22. The van der Waals surface area contributed by atoms with E-state index in [1.54, 1.807) is 25.7 Å². The maximum atomic E-state index is 9.58.